The smallest absolute Gasteiger partial charge is 0.443 e. The number of carboxylic acids is 1. The van der Waals surface area contributed by atoms with E-state index < -0.39 is 28.8 Å². The minimum Gasteiger partial charge on any atom is -0.480 e. The van der Waals surface area contributed by atoms with Crippen molar-refractivity contribution >= 4 is 58.9 Å². The molecule has 40 heavy (non-hydrogen) atoms. The summed E-state index contributed by atoms with van der Waals surface area (Å²) in [4.78, 5) is 33.1. The lowest BCUT2D eigenvalue weighted by Gasteiger charge is -2.35. The minimum atomic E-state index is -4.60. The van der Waals surface area contributed by atoms with Crippen LogP contribution in [0.25, 0.3) is 10.9 Å². The molecule has 4 heterocycles. The van der Waals surface area contributed by atoms with E-state index in [0.717, 1.165) is 12.3 Å². The third-order valence-electron chi connectivity index (χ3n) is 6.92. The number of halogens is 7. The van der Waals surface area contributed by atoms with Crippen LogP contribution in [0.3, 0.4) is 0 Å². The summed E-state index contributed by atoms with van der Waals surface area (Å²) < 4.78 is 69.9. The van der Waals surface area contributed by atoms with E-state index in [1.54, 1.807) is 9.80 Å². The van der Waals surface area contributed by atoms with Gasteiger partial charge in [-0.25, -0.2) is 13.8 Å². The molecule has 1 aromatic carbocycles. The highest BCUT2D eigenvalue weighted by Crippen LogP contribution is 2.36. The van der Waals surface area contributed by atoms with E-state index in [9.17, 15) is 31.5 Å². The summed E-state index contributed by atoms with van der Waals surface area (Å²) in [5, 5.41) is 8.29. The molecule has 2 aromatic heterocycles. The molecule has 1 fully saturated rings. The van der Waals surface area contributed by atoms with E-state index in [0.29, 0.717) is 67.1 Å². The third kappa shape index (κ3) is 6.68. The minimum absolute atomic E-state index is 0. The first-order valence-electron chi connectivity index (χ1n) is 11.9. The molecule has 1 amide bonds. The molecule has 1 saturated heterocycles. The van der Waals surface area contributed by atoms with Gasteiger partial charge in [0.05, 0.1) is 31.7 Å². The van der Waals surface area contributed by atoms with Crippen molar-refractivity contribution in [1.82, 2.24) is 24.3 Å². The number of rotatable bonds is 6. The molecule has 3 aromatic rings. The van der Waals surface area contributed by atoms with Gasteiger partial charge in [-0.3, -0.25) is 19.4 Å². The standard InChI is InChI=1S/C24H24F5N5O3S.2ClH/c25-14-7-17-16-1-2-33(20(35)12-31-3-5-32(6-4-31)13-21(36)37)11-19(16)34(22(17)18(26)8-14)10-15-9-30-23(38-15)24(27,28)29;;/h7-9H,1-6,10-13H2,(H,36,37);2*1H. The molecule has 0 radical (unpaired) electrons. The van der Waals surface area contributed by atoms with Crippen LogP contribution in [0.2, 0.25) is 0 Å². The topological polar surface area (TPSA) is 81.9 Å². The highest BCUT2D eigenvalue weighted by Gasteiger charge is 2.35. The van der Waals surface area contributed by atoms with Gasteiger partial charge in [-0.15, -0.1) is 36.2 Å². The van der Waals surface area contributed by atoms with E-state index >= 15 is 0 Å². The van der Waals surface area contributed by atoms with Gasteiger partial charge in [0, 0.05) is 60.9 Å². The average molecular weight is 630 g/mol. The van der Waals surface area contributed by atoms with Crippen LogP contribution in [-0.2, 0) is 35.3 Å². The molecule has 2 aliphatic heterocycles. The zero-order valence-electron chi connectivity index (χ0n) is 20.9. The highest BCUT2D eigenvalue weighted by molar-refractivity contribution is 7.11. The van der Waals surface area contributed by atoms with Crippen LogP contribution in [0.1, 0.15) is 21.1 Å². The molecule has 0 bridgehead atoms. The Balaban J connectivity index is 0.00000220. The van der Waals surface area contributed by atoms with Gasteiger partial charge in [-0.1, -0.05) is 0 Å². The van der Waals surface area contributed by atoms with Crippen molar-refractivity contribution in [3.8, 4) is 0 Å². The summed E-state index contributed by atoms with van der Waals surface area (Å²) in [5.74, 6) is -2.65. The van der Waals surface area contributed by atoms with Crippen molar-refractivity contribution in [3.63, 3.8) is 0 Å². The Morgan fingerprint density at radius 3 is 2.25 bits per heavy atom. The summed E-state index contributed by atoms with van der Waals surface area (Å²) >= 11 is 0.459. The van der Waals surface area contributed by atoms with Crippen molar-refractivity contribution in [1.29, 1.82) is 0 Å². The maximum Gasteiger partial charge on any atom is 0.443 e. The summed E-state index contributed by atoms with van der Waals surface area (Å²) in [6, 6.07) is 1.96. The molecule has 220 valence electrons. The average Bonchev–Trinajstić information content (AvgIpc) is 3.43. The van der Waals surface area contributed by atoms with Crippen LogP contribution < -0.4 is 0 Å². The van der Waals surface area contributed by atoms with Gasteiger partial charge in [0.1, 0.15) is 11.6 Å². The second kappa shape index (κ2) is 12.6. The molecule has 0 spiro atoms. The van der Waals surface area contributed by atoms with Crippen molar-refractivity contribution in [2.45, 2.75) is 25.7 Å². The quantitative estimate of drug-likeness (QED) is 0.417. The molecule has 5 rings (SSSR count). The summed E-state index contributed by atoms with van der Waals surface area (Å²) in [7, 11) is 0. The molecule has 2 aliphatic rings. The van der Waals surface area contributed by atoms with Crippen LogP contribution >= 0.6 is 36.2 Å². The Morgan fingerprint density at radius 2 is 1.65 bits per heavy atom. The predicted molar refractivity (Wildman–Crippen MR) is 142 cm³/mol. The highest BCUT2D eigenvalue weighted by atomic mass is 35.5. The number of thiazole rings is 1. The van der Waals surface area contributed by atoms with Gasteiger partial charge < -0.3 is 14.6 Å². The van der Waals surface area contributed by atoms with Gasteiger partial charge in [0.15, 0.2) is 5.01 Å². The Kier molecular flexibility index (Phi) is 10.0. The van der Waals surface area contributed by atoms with E-state index in [-0.39, 0.29) is 67.3 Å². The maximum absolute atomic E-state index is 15.0. The number of alkyl halides is 3. The molecule has 0 atom stereocenters. The van der Waals surface area contributed by atoms with Crippen LogP contribution in [0.5, 0.6) is 0 Å². The van der Waals surface area contributed by atoms with Gasteiger partial charge in [0.25, 0.3) is 0 Å². The first-order valence-corrected chi connectivity index (χ1v) is 12.8. The van der Waals surface area contributed by atoms with Crippen LogP contribution in [-0.4, -0.2) is 87.0 Å². The first-order chi connectivity index (χ1) is 18.0. The molecule has 1 N–H and O–H groups in total. The number of hydrogen-bond acceptors (Lipinski definition) is 6. The van der Waals surface area contributed by atoms with Crippen molar-refractivity contribution in [3.05, 3.63) is 51.1 Å². The molecular formula is C24H26Cl2F5N5O3S. The molecule has 0 aliphatic carbocycles. The van der Waals surface area contributed by atoms with Crippen LogP contribution in [0, 0.1) is 11.6 Å². The van der Waals surface area contributed by atoms with Gasteiger partial charge in [-0.05, 0) is 18.1 Å². The molecule has 16 heteroatoms. The largest absolute Gasteiger partial charge is 0.480 e. The number of aromatic nitrogens is 2. The van der Waals surface area contributed by atoms with E-state index in [4.69, 9.17) is 5.11 Å². The van der Waals surface area contributed by atoms with E-state index in [2.05, 4.69) is 4.98 Å². The normalized spacial score (nSPS) is 16.4. The molecule has 0 saturated carbocycles. The van der Waals surface area contributed by atoms with Gasteiger partial charge in [-0.2, -0.15) is 13.2 Å². The summed E-state index contributed by atoms with van der Waals surface area (Å²) in [6.07, 6.45) is -3.16. The number of benzene rings is 1. The van der Waals surface area contributed by atoms with Crippen LogP contribution in [0.4, 0.5) is 22.0 Å². The number of carbonyl (C=O) groups excluding carboxylic acids is 1. The fraction of sp³-hybridized carbons (Fsp3) is 0.458. The van der Waals surface area contributed by atoms with E-state index in [1.165, 1.54) is 10.6 Å². The fourth-order valence-corrected chi connectivity index (χ4v) is 5.90. The lowest BCUT2D eigenvalue weighted by molar-refractivity contribution is -0.139. The van der Waals surface area contributed by atoms with Crippen molar-refractivity contribution < 1.29 is 36.6 Å². The summed E-state index contributed by atoms with van der Waals surface area (Å²) in [5.41, 5.74) is 1.31. The van der Waals surface area contributed by atoms with Crippen molar-refractivity contribution in [2.75, 3.05) is 45.8 Å². The Labute approximate surface area is 242 Å². The lowest BCUT2D eigenvalue weighted by atomic mass is 10.0. The zero-order chi connectivity index (χ0) is 27.2. The third-order valence-corrected chi connectivity index (χ3v) is 7.94. The maximum atomic E-state index is 15.0. The lowest BCUT2D eigenvalue weighted by Crippen LogP contribution is -2.51. The number of aliphatic carboxylic acids is 1. The zero-order valence-corrected chi connectivity index (χ0v) is 23.4. The molecule has 8 nitrogen and oxygen atoms in total. The van der Waals surface area contributed by atoms with E-state index in [1.807, 2.05) is 4.90 Å². The number of hydrogen-bond donors (Lipinski definition) is 1. The Hall–Kier alpha value is -2.52. The number of piperazine rings is 1. The summed E-state index contributed by atoms with van der Waals surface area (Å²) in [6.45, 7) is 2.54. The molecular weight excluding hydrogens is 604 g/mol. The Bertz CT molecular complexity index is 1390. The second-order valence-corrected chi connectivity index (χ2v) is 10.6. The predicted octanol–water partition coefficient (Wildman–Crippen LogP) is 3.87. The number of carbonyl (C=O) groups is 2. The number of amides is 1. The van der Waals surface area contributed by atoms with Gasteiger partial charge in [0.2, 0.25) is 5.91 Å². The second-order valence-electron chi connectivity index (χ2n) is 9.44. The number of nitrogens with zero attached hydrogens (tertiary/aromatic N) is 5. The van der Waals surface area contributed by atoms with Crippen molar-refractivity contribution in [2.24, 2.45) is 0 Å². The van der Waals surface area contributed by atoms with Gasteiger partial charge >= 0.3 is 12.1 Å². The Morgan fingerprint density at radius 1 is 1.00 bits per heavy atom. The molecule has 0 unspecified atom stereocenters. The number of fused-ring (bicyclic) bond motifs is 3. The van der Waals surface area contributed by atoms with Crippen LogP contribution in [0.15, 0.2) is 18.3 Å². The first kappa shape index (κ1) is 32.0. The SMILES string of the molecule is Cl.Cl.O=C(O)CN1CCN(CC(=O)N2CCc3c(n(Cc4cnc(C(F)(F)F)s4)c4c(F)cc(F)cc34)C2)CC1. The monoisotopic (exact) mass is 629 g/mol. The fourth-order valence-electron chi connectivity index (χ4n) is 5.13. The number of carboxylic acid groups (broad SMARTS) is 1.